The predicted octanol–water partition coefficient (Wildman–Crippen LogP) is 3.67. The average Bonchev–Trinajstić information content (AvgIpc) is 3.57. The Hall–Kier alpha value is -4.70. The van der Waals surface area contributed by atoms with Gasteiger partial charge >= 0.3 is 23.6 Å². The van der Waals surface area contributed by atoms with Crippen LogP contribution >= 0.6 is 0 Å². The second-order valence-corrected chi connectivity index (χ2v) is 14.8. The summed E-state index contributed by atoms with van der Waals surface area (Å²) in [5, 5.41) is 12.7. The van der Waals surface area contributed by atoms with Gasteiger partial charge in [0.25, 0.3) is 0 Å². The van der Waals surface area contributed by atoms with E-state index in [0.717, 1.165) is 42.5 Å². The summed E-state index contributed by atoms with van der Waals surface area (Å²) >= 11 is 0. The first-order valence-electron chi connectivity index (χ1n) is 18.5. The zero-order valence-corrected chi connectivity index (χ0v) is 29.8. The van der Waals surface area contributed by atoms with Crippen molar-refractivity contribution in [3.8, 4) is 5.75 Å². The number of phenols is 1. The van der Waals surface area contributed by atoms with Crippen LogP contribution in [-0.4, -0.2) is 112 Å². The van der Waals surface area contributed by atoms with Crippen LogP contribution < -0.4 is 5.32 Å². The number of rotatable bonds is 14. The molecular weight excluding hydrogens is 642 g/mol. The van der Waals surface area contributed by atoms with Crippen LogP contribution in [0.3, 0.4) is 0 Å². The normalized spacial score (nSPS) is 22.2. The number of piperazine rings is 2. The standard InChI is InChI=1S/C41H51N5O5/c1-29(2)22-35(26-43-20-9-14-33(43)27-45-34(25-42-38(48)39(45)49)23-31-12-7-4-8-13-31)46-28-36(24-32-15-17-37(47)18-16-32)44(40(50)41(46)51)21-19-30-10-5-3-6-11-30/h3-8,10-13,15-18,29,33-36,47H,9,14,19-28H2,1-2H3,(H,42,48)/t33-,34-,35-,36-/m0/s1. The largest absolute Gasteiger partial charge is 0.508 e. The van der Waals surface area contributed by atoms with Gasteiger partial charge in [-0.3, -0.25) is 24.1 Å². The summed E-state index contributed by atoms with van der Waals surface area (Å²) in [5.41, 5.74) is 3.21. The molecule has 3 aromatic rings. The third-order valence-corrected chi connectivity index (χ3v) is 10.7. The van der Waals surface area contributed by atoms with Gasteiger partial charge in [-0.15, -0.1) is 0 Å². The number of nitrogens with zero attached hydrogens (tertiary/aromatic N) is 4. The highest BCUT2D eigenvalue weighted by atomic mass is 16.3. The summed E-state index contributed by atoms with van der Waals surface area (Å²) in [6, 6.07) is 26.6. The number of benzene rings is 3. The summed E-state index contributed by atoms with van der Waals surface area (Å²) in [5.74, 6) is -1.51. The fourth-order valence-corrected chi connectivity index (χ4v) is 8.07. The molecule has 6 rings (SSSR count). The Morgan fingerprint density at radius 3 is 2.08 bits per heavy atom. The molecule has 0 spiro atoms. The summed E-state index contributed by atoms with van der Waals surface area (Å²) < 4.78 is 0. The average molecular weight is 694 g/mol. The monoisotopic (exact) mass is 693 g/mol. The third-order valence-electron chi connectivity index (χ3n) is 10.7. The summed E-state index contributed by atoms with van der Waals surface area (Å²) in [7, 11) is 0. The van der Waals surface area contributed by atoms with Crippen LogP contribution in [0.5, 0.6) is 5.75 Å². The molecule has 3 aromatic carbocycles. The van der Waals surface area contributed by atoms with Crippen molar-refractivity contribution in [2.75, 3.05) is 39.3 Å². The molecule has 0 radical (unpaired) electrons. The van der Waals surface area contributed by atoms with Crippen LogP contribution in [0, 0.1) is 5.92 Å². The molecule has 3 heterocycles. The van der Waals surface area contributed by atoms with E-state index in [2.05, 4.69) is 24.1 Å². The van der Waals surface area contributed by atoms with E-state index in [1.807, 2.05) is 77.7 Å². The van der Waals surface area contributed by atoms with Gasteiger partial charge in [-0.05, 0) is 79.8 Å². The van der Waals surface area contributed by atoms with E-state index in [1.165, 1.54) is 0 Å². The van der Waals surface area contributed by atoms with Crippen LogP contribution in [0.15, 0.2) is 84.9 Å². The summed E-state index contributed by atoms with van der Waals surface area (Å²) in [6.07, 6.45) is 4.45. The Balaban J connectivity index is 1.20. The van der Waals surface area contributed by atoms with Crippen LogP contribution in [-0.2, 0) is 38.4 Å². The molecular formula is C41H51N5O5. The van der Waals surface area contributed by atoms with Crippen molar-refractivity contribution in [1.82, 2.24) is 24.9 Å². The van der Waals surface area contributed by atoms with Gasteiger partial charge in [0.1, 0.15) is 5.75 Å². The Kier molecular flexibility index (Phi) is 11.7. The van der Waals surface area contributed by atoms with E-state index >= 15 is 0 Å². The van der Waals surface area contributed by atoms with Gasteiger partial charge in [-0.25, -0.2) is 0 Å². The topological polar surface area (TPSA) is 114 Å². The van der Waals surface area contributed by atoms with Crippen molar-refractivity contribution in [2.24, 2.45) is 5.92 Å². The fraction of sp³-hybridized carbons (Fsp3) is 0.463. The number of hydrogen-bond donors (Lipinski definition) is 2. The SMILES string of the molecule is CC(C)C[C@@H](CN1CCC[C@H]1CN1C(=O)C(=O)NC[C@@H]1Cc1ccccc1)N1C[C@H](Cc2ccc(O)cc2)N(CCc2ccccc2)C(=O)C1=O. The molecule has 3 aliphatic rings. The lowest BCUT2D eigenvalue weighted by Crippen LogP contribution is -2.64. The third kappa shape index (κ3) is 8.97. The maximum absolute atomic E-state index is 14.1. The maximum Gasteiger partial charge on any atom is 0.312 e. The molecule has 3 saturated heterocycles. The molecule has 0 bridgehead atoms. The van der Waals surface area contributed by atoms with Crippen molar-refractivity contribution in [3.63, 3.8) is 0 Å². The Labute approximate surface area is 301 Å². The van der Waals surface area contributed by atoms with Crippen LogP contribution in [0.2, 0.25) is 0 Å². The second kappa shape index (κ2) is 16.5. The lowest BCUT2D eigenvalue weighted by molar-refractivity contribution is -0.161. The molecule has 0 aliphatic carbocycles. The number of phenolic OH excluding ortho intramolecular Hbond substituents is 1. The van der Waals surface area contributed by atoms with Gasteiger partial charge < -0.3 is 25.1 Å². The van der Waals surface area contributed by atoms with Crippen molar-refractivity contribution >= 4 is 23.6 Å². The van der Waals surface area contributed by atoms with E-state index in [4.69, 9.17) is 0 Å². The van der Waals surface area contributed by atoms with Crippen LogP contribution in [0.4, 0.5) is 0 Å². The van der Waals surface area contributed by atoms with Gasteiger partial charge in [0.15, 0.2) is 0 Å². The molecule has 0 aromatic heterocycles. The minimum Gasteiger partial charge on any atom is -0.508 e. The zero-order valence-electron chi connectivity index (χ0n) is 29.8. The van der Waals surface area contributed by atoms with Crippen molar-refractivity contribution in [1.29, 1.82) is 0 Å². The molecule has 4 atom stereocenters. The number of likely N-dealkylation sites (tertiary alicyclic amines) is 1. The molecule has 3 aliphatic heterocycles. The minimum atomic E-state index is -0.560. The van der Waals surface area contributed by atoms with E-state index in [9.17, 15) is 24.3 Å². The highest BCUT2D eigenvalue weighted by Crippen LogP contribution is 2.27. The molecule has 10 nitrogen and oxygen atoms in total. The first-order chi connectivity index (χ1) is 24.7. The molecule has 2 N–H and O–H groups in total. The van der Waals surface area contributed by atoms with Crippen LogP contribution in [0.1, 0.15) is 49.8 Å². The maximum atomic E-state index is 14.1. The van der Waals surface area contributed by atoms with Gasteiger partial charge in [-0.1, -0.05) is 86.6 Å². The van der Waals surface area contributed by atoms with Gasteiger partial charge in [0.2, 0.25) is 0 Å². The molecule has 4 amide bonds. The summed E-state index contributed by atoms with van der Waals surface area (Å²) in [6.45, 7) is 7.42. The van der Waals surface area contributed by atoms with Crippen molar-refractivity contribution < 1.29 is 24.3 Å². The summed E-state index contributed by atoms with van der Waals surface area (Å²) in [4.78, 5) is 61.6. The van der Waals surface area contributed by atoms with E-state index in [0.29, 0.717) is 52.0 Å². The number of carbonyl (C=O) groups excluding carboxylic acids is 4. The van der Waals surface area contributed by atoms with E-state index in [-0.39, 0.29) is 35.8 Å². The predicted molar refractivity (Wildman–Crippen MR) is 196 cm³/mol. The van der Waals surface area contributed by atoms with E-state index < -0.39 is 23.6 Å². The highest BCUT2D eigenvalue weighted by Gasteiger charge is 2.43. The lowest BCUT2D eigenvalue weighted by Gasteiger charge is -2.46. The molecule has 10 heteroatoms. The number of carbonyl (C=O) groups is 4. The van der Waals surface area contributed by atoms with Gasteiger partial charge in [0.05, 0.1) is 12.1 Å². The number of hydrogen-bond acceptors (Lipinski definition) is 6. The minimum absolute atomic E-state index is 0.0403. The fourth-order valence-electron chi connectivity index (χ4n) is 8.07. The van der Waals surface area contributed by atoms with Crippen LogP contribution in [0.25, 0.3) is 0 Å². The van der Waals surface area contributed by atoms with Gasteiger partial charge in [0, 0.05) is 44.8 Å². The number of aromatic hydroxyl groups is 1. The Bertz CT molecular complexity index is 1650. The molecule has 0 unspecified atom stereocenters. The molecule has 270 valence electrons. The molecule has 51 heavy (non-hydrogen) atoms. The quantitative estimate of drug-likeness (QED) is 0.250. The number of amides is 4. The lowest BCUT2D eigenvalue weighted by atomic mass is 9.96. The second-order valence-electron chi connectivity index (χ2n) is 14.8. The zero-order chi connectivity index (χ0) is 35.9. The van der Waals surface area contributed by atoms with Crippen molar-refractivity contribution in [2.45, 2.75) is 76.5 Å². The smallest absolute Gasteiger partial charge is 0.312 e. The molecule has 0 saturated carbocycles. The first kappa shape index (κ1) is 36.1. The number of nitrogens with one attached hydrogen (secondary N) is 1. The van der Waals surface area contributed by atoms with E-state index in [1.54, 1.807) is 21.9 Å². The Morgan fingerprint density at radius 2 is 1.39 bits per heavy atom. The first-order valence-corrected chi connectivity index (χ1v) is 18.5. The van der Waals surface area contributed by atoms with Gasteiger partial charge in [-0.2, -0.15) is 0 Å². The highest BCUT2D eigenvalue weighted by molar-refractivity contribution is 6.36. The molecule has 3 fully saturated rings. The van der Waals surface area contributed by atoms with Crippen molar-refractivity contribution in [3.05, 3.63) is 102 Å². The Morgan fingerprint density at radius 1 is 0.745 bits per heavy atom.